The van der Waals surface area contributed by atoms with E-state index in [9.17, 15) is 14.4 Å². The molecule has 1 aliphatic rings. The quantitative estimate of drug-likeness (QED) is 0.869. The van der Waals surface area contributed by atoms with E-state index < -0.39 is 23.4 Å². The van der Waals surface area contributed by atoms with E-state index in [1.807, 2.05) is 12.1 Å². The zero-order chi connectivity index (χ0) is 18.0. The zero-order valence-electron chi connectivity index (χ0n) is 13.9. The third-order valence-corrected chi connectivity index (χ3v) is 4.13. The number of methoxy groups -OCH3 is 1. The Kier molecular flexibility index (Phi) is 4.27. The van der Waals surface area contributed by atoms with Gasteiger partial charge in [0.05, 0.1) is 18.2 Å². The summed E-state index contributed by atoms with van der Waals surface area (Å²) in [5.41, 5.74) is 0.832. The summed E-state index contributed by atoms with van der Waals surface area (Å²) in [5.74, 6) is -1.40. The Bertz CT molecular complexity index is 843. The molecular weight excluding hydrogens is 322 g/mol. The standard InChI is InChI=1S/C19H17NO5/c1-19(11-13-5-3-4-6-15(13)17(22)25-19)18(23)20-14-9-7-12(8-10-14)16(21)24-2/h3-10H,11H2,1-2H3,(H,20,23)/t19-/m0/s1. The maximum atomic E-state index is 12.6. The molecule has 128 valence electrons. The Labute approximate surface area is 144 Å². The molecule has 1 heterocycles. The van der Waals surface area contributed by atoms with Crippen LogP contribution in [-0.4, -0.2) is 30.6 Å². The van der Waals surface area contributed by atoms with E-state index >= 15 is 0 Å². The summed E-state index contributed by atoms with van der Waals surface area (Å²) >= 11 is 0. The van der Waals surface area contributed by atoms with Crippen molar-refractivity contribution >= 4 is 23.5 Å². The molecule has 0 saturated heterocycles. The van der Waals surface area contributed by atoms with Crippen LogP contribution < -0.4 is 5.32 Å². The predicted octanol–water partition coefficient (Wildman–Crippen LogP) is 2.58. The number of nitrogens with one attached hydrogen (secondary N) is 1. The van der Waals surface area contributed by atoms with E-state index in [0.29, 0.717) is 23.2 Å². The number of benzene rings is 2. The van der Waals surface area contributed by atoms with Gasteiger partial charge in [-0.2, -0.15) is 0 Å². The summed E-state index contributed by atoms with van der Waals surface area (Å²) in [7, 11) is 1.30. The zero-order valence-corrected chi connectivity index (χ0v) is 13.9. The second-order valence-corrected chi connectivity index (χ2v) is 5.98. The van der Waals surface area contributed by atoms with Gasteiger partial charge in [-0.3, -0.25) is 4.79 Å². The van der Waals surface area contributed by atoms with Gasteiger partial charge in [-0.25, -0.2) is 9.59 Å². The first-order valence-corrected chi connectivity index (χ1v) is 7.74. The molecule has 0 bridgehead atoms. The van der Waals surface area contributed by atoms with Crippen LogP contribution in [0.3, 0.4) is 0 Å². The average molecular weight is 339 g/mol. The molecule has 0 aromatic heterocycles. The maximum Gasteiger partial charge on any atom is 0.339 e. The highest BCUT2D eigenvalue weighted by molar-refractivity contribution is 6.02. The minimum atomic E-state index is -1.30. The van der Waals surface area contributed by atoms with Crippen LogP contribution in [0.15, 0.2) is 48.5 Å². The first-order valence-electron chi connectivity index (χ1n) is 7.74. The number of rotatable bonds is 3. The van der Waals surface area contributed by atoms with Crippen LogP contribution in [-0.2, 0) is 20.7 Å². The van der Waals surface area contributed by atoms with E-state index in [1.54, 1.807) is 43.3 Å². The van der Waals surface area contributed by atoms with Crippen molar-refractivity contribution in [2.75, 3.05) is 12.4 Å². The molecule has 6 heteroatoms. The average Bonchev–Trinajstić information content (AvgIpc) is 2.61. The second kappa shape index (κ2) is 6.39. The van der Waals surface area contributed by atoms with Crippen LogP contribution in [0.2, 0.25) is 0 Å². The van der Waals surface area contributed by atoms with Crippen molar-refractivity contribution in [3.63, 3.8) is 0 Å². The minimum Gasteiger partial charge on any atom is -0.465 e. The fraction of sp³-hybridized carbons (Fsp3) is 0.211. The Morgan fingerprint density at radius 2 is 1.80 bits per heavy atom. The van der Waals surface area contributed by atoms with Gasteiger partial charge in [0, 0.05) is 12.1 Å². The summed E-state index contributed by atoms with van der Waals surface area (Å²) in [6, 6.07) is 13.3. The van der Waals surface area contributed by atoms with Crippen molar-refractivity contribution in [1.29, 1.82) is 0 Å². The molecule has 0 spiro atoms. The number of hydrogen-bond acceptors (Lipinski definition) is 5. The van der Waals surface area contributed by atoms with E-state index in [0.717, 1.165) is 5.56 Å². The Morgan fingerprint density at radius 1 is 1.12 bits per heavy atom. The van der Waals surface area contributed by atoms with Crippen LogP contribution in [0.4, 0.5) is 5.69 Å². The normalized spacial score (nSPS) is 18.7. The molecule has 0 radical (unpaired) electrons. The summed E-state index contributed by atoms with van der Waals surface area (Å²) in [4.78, 5) is 36.2. The SMILES string of the molecule is COC(=O)c1ccc(NC(=O)[C@]2(C)Cc3ccccc3C(=O)O2)cc1. The van der Waals surface area contributed by atoms with E-state index in [-0.39, 0.29) is 0 Å². The molecule has 3 rings (SSSR count). The highest BCUT2D eigenvalue weighted by atomic mass is 16.6. The number of fused-ring (bicyclic) bond motifs is 1. The van der Waals surface area contributed by atoms with Crippen LogP contribution in [0.5, 0.6) is 0 Å². The number of amides is 1. The molecule has 0 saturated carbocycles. The van der Waals surface area contributed by atoms with Gasteiger partial charge in [0.2, 0.25) is 0 Å². The van der Waals surface area contributed by atoms with Gasteiger partial charge in [0.1, 0.15) is 0 Å². The second-order valence-electron chi connectivity index (χ2n) is 5.98. The van der Waals surface area contributed by atoms with E-state index in [2.05, 4.69) is 10.1 Å². The fourth-order valence-electron chi connectivity index (χ4n) is 2.73. The molecule has 1 amide bonds. The van der Waals surface area contributed by atoms with Gasteiger partial charge in [-0.05, 0) is 42.8 Å². The summed E-state index contributed by atoms with van der Waals surface area (Å²) in [6.07, 6.45) is 0.293. The number of anilines is 1. The molecule has 0 unspecified atom stereocenters. The fourth-order valence-corrected chi connectivity index (χ4v) is 2.73. The lowest BCUT2D eigenvalue weighted by atomic mass is 9.89. The largest absolute Gasteiger partial charge is 0.465 e. The molecule has 1 atom stereocenters. The minimum absolute atomic E-state index is 0.293. The molecule has 6 nitrogen and oxygen atoms in total. The van der Waals surface area contributed by atoms with Crippen LogP contribution in [0.1, 0.15) is 33.2 Å². The van der Waals surface area contributed by atoms with Gasteiger partial charge >= 0.3 is 11.9 Å². The van der Waals surface area contributed by atoms with Crippen molar-refractivity contribution in [3.05, 3.63) is 65.2 Å². The Hall–Kier alpha value is -3.15. The highest BCUT2D eigenvalue weighted by Gasteiger charge is 2.42. The van der Waals surface area contributed by atoms with Crippen LogP contribution in [0, 0.1) is 0 Å². The Morgan fingerprint density at radius 3 is 2.48 bits per heavy atom. The van der Waals surface area contributed by atoms with E-state index in [4.69, 9.17) is 4.74 Å². The lowest BCUT2D eigenvalue weighted by molar-refractivity contribution is -0.134. The van der Waals surface area contributed by atoms with Crippen LogP contribution in [0.25, 0.3) is 0 Å². The third-order valence-electron chi connectivity index (χ3n) is 4.13. The lowest BCUT2D eigenvalue weighted by Crippen LogP contribution is -2.48. The monoisotopic (exact) mass is 339 g/mol. The van der Waals surface area contributed by atoms with Crippen molar-refractivity contribution < 1.29 is 23.9 Å². The lowest BCUT2D eigenvalue weighted by Gasteiger charge is -2.33. The van der Waals surface area contributed by atoms with Crippen molar-refractivity contribution in [1.82, 2.24) is 0 Å². The number of ether oxygens (including phenoxy) is 2. The third kappa shape index (κ3) is 3.24. The maximum absolute atomic E-state index is 12.6. The number of cyclic esters (lactones) is 1. The van der Waals surface area contributed by atoms with Crippen molar-refractivity contribution in [2.24, 2.45) is 0 Å². The molecule has 1 aliphatic heterocycles. The predicted molar refractivity (Wildman–Crippen MR) is 90.4 cm³/mol. The molecule has 2 aromatic rings. The van der Waals surface area contributed by atoms with Gasteiger partial charge < -0.3 is 14.8 Å². The molecule has 25 heavy (non-hydrogen) atoms. The first-order chi connectivity index (χ1) is 11.9. The number of esters is 2. The molecular formula is C19H17NO5. The van der Waals surface area contributed by atoms with Gasteiger partial charge in [-0.15, -0.1) is 0 Å². The highest BCUT2D eigenvalue weighted by Crippen LogP contribution is 2.29. The summed E-state index contributed by atoms with van der Waals surface area (Å²) < 4.78 is 10.0. The first kappa shape index (κ1) is 16.7. The number of hydrogen-bond donors (Lipinski definition) is 1. The number of carbonyl (C=O) groups is 3. The number of carbonyl (C=O) groups excluding carboxylic acids is 3. The molecule has 0 aliphatic carbocycles. The Balaban J connectivity index is 1.77. The summed E-state index contributed by atoms with van der Waals surface area (Å²) in [5, 5.41) is 2.72. The molecule has 2 aromatic carbocycles. The van der Waals surface area contributed by atoms with Crippen molar-refractivity contribution in [3.8, 4) is 0 Å². The van der Waals surface area contributed by atoms with Crippen molar-refractivity contribution in [2.45, 2.75) is 18.9 Å². The van der Waals surface area contributed by atoms with Crippen LogP contribution >= 0.6 is 0 Å². The molecule has 0 fully saturated rings. The topological polar surface area (TPSA) is 81.7 Å². The smallest absolute Gasteiger partial charge is 0.339 e. The van der Waals surface area contributed by atoms with Gasteiger partial charge in [0.25, 0.3) is 5.91 Å². The van der Waals surface area contributed by atoms with E-state index in [1.165, 1.54) is 7.11 Å². The van der Waals surface area contributed by atoms with Gasteiger partial charge in [-0.1, -0.05) is 18.2 Å². The molecule has 1 N–H and O–H groups in total. The summed E-state index contributed by atoms with van der Waals surface area (Å²) in [6.45, 7) is 1.58. The van der Waals surface area contributed by atoms with Gasteiger partial charge in [0.15, 0.2) is 5.60 Å².